The number of amides is 2. The summed E-state index contributed by atoms with van der Waals surface area (Å²) in [5.41, 5.74) is -10.1. The number of ether oxygens (including phenoxy) is 1. The molecule has 0 aromatic heterocycles. The minimum atomic E-state index is -6.59. The van der Waals surface area contributed by atoms with Gasteiger partial charge in [-0.15, -0.1) is 0 Å². The summed E-state index contributed by atoms with van der Waals surface area (Å²) in [5.74, 6) is -4.93. The fraction of sp³-hybridized carbons (Fsp3) is 0.276. The molecule has 0 bridgehead atoms. The summed E-state index contributed by atoms with van der Waals surface area (Å²) in [6.07, 6.45) is -11.7. The Bertz CT molecular complexity index is 1670. The monoisotopic (exact) mass is 725 g/mol. The Kier molecular flexibility index (Phi) is 9.62. The third-order valence-electron chi connectivity index (χ3n) is 6.85. The number of alkyl halides is 9. The fourth-order valence-electron chi connectivity index (χ4n) is 4.36. The lowest BCUT2D eigenvalue weighted by Gasteiger charge is -2.31. The average Bonchev–Trinajstić information content (AvgIpc) is 3.80. The quantitative estimate of drug-likeness (QED) is 0.224. The van der Waals surface area contributed by atoms with Crippen molar-refractivity contribution in [1.82, 2.24) is 0 Å². The standard InChI is InChI=1S/C29H18BrF10N3O3/c30-19-10-17(27(34,28(35,36)37)29(38,39)40)11-21(46-26(32)33)23(19)42-24(44)18-2-1-3-20(22(18)31)43(13-15-4-5-15)25(45)16-8-6-14(12-41)7-9-16/h1-3,6-11,15,26H,4-5,13H2,(H,42,44). The molecule has 3 aromatic carbocycles. The maximum Gasteiger partial charge on any atom is 0.435 e. The molecule has 0 radical (unpaired) electrons. The zero-order valence-corrected chi connectivity index (χ0v) is 24.3. The molecular formula is C29H18BrF10N3O3. The van der Waals surface area contributed by atoms with Crippen molar-refractivity contribution in [2.45, 2.75) is 37.5 Å². The van der Waals surface area contributed by atoms with E-state index in [2.05, 4.69) is 20.7 Å². The van der Waals surface area contributed by atoms with Crippen LogP contribution in [0.25, 0.3) is 0 Å². The second-order valence-electron chi connectivity index (χ2n) is 10.0. The molecule has 3 aromatic rings. The molecule has 0 spiro atoms. The lowest BCUT2D eigenvalue weighted by Crippen LogP contribution is -2.50. The molecule has 0 atom stereocenters. The van der Waals surface area contributed by atoms with E-state index in [1.807, 2.05) is 11.4 Å². The summed E-state index contributed by atoms with van der Waals surface area (Å²) in [7, 11) is 0. The smallest absolute Gasteiger partial charge is 0.433 e. The molecular weight excluding hydrogens is 708 g/mol. The second kappa shape index (κ2) is 12.8. The first kappa shape index (κ1) is 34.5. The number of rotatable bonds is 9. The average molecular weight is 726 g/mol. The van der Waals surface area contributed by atoms with Crippen LogP contribution >= 0.6 is 15.9 Å². The van der Waals surface area contributed by atoms with Crippen LogP contribution in [0.5, 0.6) is 5.75 Å². The minimum absolute atomic E-state index is 0.00115. The summed E-state index contributed by atoms with van der Waals surface area (Å²) < 4.78 is 140. The Labute approximate surface area is 261 Å². The van der Waals surface area contributed by atoms with E-state index in [4.69, 9.17) is 5.26 Å². The molecule has 1 aliphatic carbocycles. The van der Waals surface area contributed by atoms with Crippen molar-refractivity contribution in [2.75, 3.05) is 16.8 Å². The first-order valence-electron chi connectivity index (χ1n) is 12.9. The zero-order valence-electron chi connectivity index (χ0n) is 22.7. The van der Waals surface area contributed by atoms with Crippen molar-refractivity contribution in [3.8, 4) is 11.8 Å². The van der Waals surface area contributed by atoms with Gasteiger partial charge in [0, 0.05) is 22.1 Å². The molecule has 1 N–H and O–H groups in total. The summed E-state index contributed by atoms with van der Waals surface area (Å²) in [6, 6.07) is 10.2. The third-order valence-corrected chi connectivity index (χ3v) is 7.47. The summed E-state index contributed by atoms with van der Waals surface area (Å²) in [5, 5.41) is 10.9. The highest BCUT2D eigenvalue weighted by Crippen LogP contribution is 2.55. The van der Waals surface area contributed by atoms with E-state index in [9.17, 15) is 49.1 Å². The van der Waals surface area contributed by atoms with Gasteiger partial charge in [-0.1, -0.05) is 6.07 Å². The molecule has 2 amide bonds. The maximum absolute atomic E-state index is 15.9. The molecule has 0 heterocycles. The van der Waals surface area contributed by atoms with Gasteiger partial charge in [0.1, 0.15) is 0 Å². The third kappa shape index (κ3) is 6.91. The number of anilines is 2. The molecule has 46 heavy (non-hydrogen) atoms. The molecule has 1 fully saturated rings. The molecule has 4 rings (SSSR count). The number of hydrogen-bond acceptors (Lipinski definition) is 4. The van der Waals surface area contributed by atoms with Crippen LogP contribution in [0.3, 0.4) is 0 Å². The Morgan fingerprint density at radius 2 is 1.61 bits per heavy atom. The number of carbonyl (C=O) groups is 2. The van der Waals surface area contributed by atoms with Gasteiger partial charge in [0.05, 0.1) is 28.6 Å². The van der Waals surface area contributed by atoms with Crippen LogP contribution in [0.2, 0.25) is 0 Å². The number of hydrogen-bond donors (Lipinski definition) is 1. The van der Waals surface area contributed by atoms with E-state index < -0.39 is 69.3 Å². The van der Waals surface area contributed by atoms with Gasteiger partial charge < -0.3 is 15.0 Å². The molecule has 6 nitrogen and oxygen atoms in total. The van der Waals surface area contributed by atoms with Crippen LogP contribution in [0, 0.1) is 23.1 Å². The molecule has 0 aliphatic heterocycles. The van der Waals surface area contributed by atoms with Crippen molar-refractivity contribution in [1.29, 1.82) is 5.26 Å². The highest BCUT2D eigenvalue weighted by Gasteiger charge is 2.73. The number of nitrogens with zero attached hydrogens (tertiary/aromatic N) is 2. The van der Waals surface area contributed by atoms with E-state index >= 15 is 4.39 Å². The zero-order chi connectivity index (χ0) is 34.2. The largest absolute Gasteiger partial charge is 0.435 e. The van der Waals surface area contributed by atoms with Gasteiger partial charge in [-0.05, 0) is 83.2 Å². The van der Waals surface area contributed by atoms with E-state index in [0.717, 1.165) is 29.9 Å². The van der Waals surface area contributed by atoms with Gasteiger partial charge in [0.15, 0.2) is 11.6 Å². The van der Waals surface area contributed by atoms with Crippen molar-refractivity contribution in [2.24, 2.45) is 5.92 Å². The lowest BCUT2D eigenvalue weighted by molar-refractivity contribution is -0.348. The number of halogens is 11. The first-order valence-corrected chi connectivity index (χ1v) is 13.7. The van der Waals surface area contributed by atoms with Crippen molar-refractivity contribution < 1.29 is 58.2 Å². The molecule has 1 saturated carbocycles. The highest BCUT2D eigenvalue weighted by molar-refractivity contribution is 9.10. The molecule has 0 unspecified atom stereocenters. The Hall–Kier alpha value is -4.33. The molecule has 0 saturated heterocycles. The van der Waals surface area contributed by atoms with Gasteiger partial charge >= 0.3 is 24.6 Å². The van der Waals surface area contributed by atoms with Crippen LogP contribution in [-0.2, 0) is 5.67 Å². The minimum Gasteiger partial charge on any atom is -0.433 e. The van der Waals surface area contributed by atoms with E-state index in [1.165, 1.54) is 30.3 Å². The first-order chi connectivity index (χ1) is 21.4. The van der Waals surface area contributed by atoms with Crippen LogP contribution in [0.1, 0.15) is 44.7 Å². The Morgan fingerprint density at radius 3 is 2.13 bits per heavy atom. The molecule has 244 valence electrons. The maximum atomic E-state index is 15.9. The van der Waals surface area contributed by atoms with Crippen LogP contribution < -0.4 is 15.0 Å². The lowest BCUT2D eigenvalue weighted by atomic mass is 9.93. The van der Waals surface area contributed by atoms with Gasteiger partial charge in [-0.2, -0.15) is 40.4 Å². The van der Waals surface area contributed by atoms with Gasteiger partial charge in [0.25, 0.3) is 11.8 Å². The van der Waals surface area contributed by atoms with Crippen molar-refractivity contribution >= 4 is 39.1 Å². The van der Waals surface area contributed by atoms with Crippen molar-refractivity contribution in [3.63, 3.8) is 0 Å². The van der Waals surface area contributed by atoms with Crippen LogP contribution in [0.4, 0.5) is 55.3 Å². The number of nitrogens with one attached hydrogen (secondary N) is 1. The van der Waals surface area contributed by atoms with Crippen LogP contribution in [0.15, 0.2) is 59.1 Å². The number of carbonyl (C=O) groups excluding carboxylic acids is 2. The van der Waals surface area contributed by atoms with Crippen LogP contribution in [-0.4, -0.2) is 37.3 Å². The number of benzene rings is 3. The van der Waals surface area contributed by atoms with Gasteiger partial charge in [0.2, 0.25) is 0 Å². The van der Waals surface area contributed by atoms with Gasteiger partial charge in [-0.25, -0.2) is 8.78 Å². The molecule has 17 heteroatoms. The Morgan fingerprint density at radius 1 is 1.00 bits per heavy atom. The highest BCUT2D eigenvalue weighted by atomic mass is 79.9. The summed E-state index contributed by atoms with van der Waals surface area (Å²) >= 11 is 2.55. The normalized spacial score (nSPS) is 13.7. The topological polar surface area (TPSA) is 82.4 Å². The van der Waals surface area contributed by atoms with Crippen molar-refractivity contribution in [3.05, 3.63) is 87.1 Å². The second-order valence-corrected chi connectivity index (χ2v) is 10.9. The summed E-state index contributed by atoms with van der Waals surface area (Å²) in [4.78, 5) is 27.6. The van der Waals surface area contributed by atoms with E-state index in [-0.39, 0.29) is 41.4 Å². The molecule has 1 aliphatic rings. The number of nitriles is 1. The predicted octanol–water partition coefficient (Wildman–Crippen LogP) is 8.66. The van der Waals surface area contributed by atoms with Gasteiger partial charge in [-0.3, -0.25) is 9.59 Å². The van der Waals surface area contributed by atoms with E-state index in [0.29, 0.717) is 0 Å². The summed E-state index contributed by atoms with van der Waals surface area (Å²) in [6.45, 7) is -3.84. The predicted molar refractivity (Wildman–Crippen MR) is 146 cm³/mol. The SMILES string of the molecule is N#Cc1ccc(C(=O)N(CC2CC2)c2cccc(C(=O)Nc3c(Br)cc(C(F)(C(F)(F)F)C(F)(F)F)cc3OC(F)F)c2F)cc1. The fourth-order valence-corrected chi connectivity index (χ4v) is 4.90. The van der Waals surface area contributed by atoms with E-state index in [1.54, 1.807) is 0 Å². The Balaban J connectivity index is 1.74.